The van der Waals surface area contributed by atoms with E-state index in [4.69, 9.17) is 0 Å². The van der Waals surface area contributed by atoms with Crippen LogP contribution in [0.15, 0.2) is 24.3 Å². The summed E-state index contributed by atoms with van der Waals surface area (Å²) in [6.45, 7) is 4.52. The third-order valence-electron chi connectivity index (χ3n) is 3.88. The number of halogens is 1. The molecule has 2 nitrogen and oxygen atoms in total. The largest absolute Gasteiger partial charge is 0.313 e. The van der Waals surface area contributed by atoms with Crippen molar-refractivity contribution in [1.29, 1.82) is 0 Å². The maximum Gasteiger partial charge on any atom is 0.123 e. The van der Waals surface area contributed by atoms with Crippen molar-refractivity contribution in [2.45, 2.75) is 44.7 Å². The molecular formula is C16H25FN2. The van der Waals surface area contributed by atoms with Crippen molar-refractivity contribution >= 4 is 0 Å². The van der Waals surface area contributed by atoms with Gasteiger partial charge >= 0.3 is 0 Å². The lowest BCUT2D eigenvalue weighted by Gasteiger charge is -2.24. The predicted octanol–water partition coefficient (Wildman–Crippen LogP) is 3.35. The minimum absolute atomic E-state index is 0.148. The molecule has 1 aliphatic carbocycles. The van der Waals surface area contributed by atoms with E-state index in [1.54, 1.807) is 12.1 Å². The van der Waals surface area contributed by atoms with Gasteiger partial charge < -0.3 is 10.2 Å². The van der Waals surface area contributed by atoms with Gasteiger partial charge in [-0.3, -0.25) is 0 Å². The van der Waals surface area contributed by atoms with Crippen LogP contribution in [0.25, 0.3) is 0 Å². The smallest absolute Gasteiger partial charge is 0.123 e. The molecule has 106 valence electrons. The number of nitrogens with zero attached hydrogens (tertiary/aromatic N) is 1. The van der Waals surface area contributed by atoms with Crippen LogP contribution in [0.5, 0.6) is 0 Å². The van der Waals surface area contributed by atoms with E-state index in [-0.39, 0.29) is 11.9 Å². The van der Waals surface area contributed by atoms with Crippen molar-refractivity contribution in [3.8, 4) is 0 Å². The van der Waals surface area contributed by atoms with Crippen LogP contribution >= 0.6 is 0 Å². The lowest BCUT2D eigenvalue weighted by Crippen LogP contribution is -2.31. The van der Waals surface area contributed by atoms with Gasteiger partial charge in [-0.2, -0.15) is 0 Å². The standard InChI is InChI=1S/C16H25FN2/c1-3-10-19(15-7-8-15)11-9-16(18-2)13-5-4-6-14(17)12-13/h4-6,12,15-16,18H,3,7-11H2,1-2H3. The average Bonchev–Trinajstić information content (AvgIpc) is 3.22. The van der Waals surface area contributed by atoms with Crippen LogP contribution in [0, 0.1) is 5.82 Å². The van der Waals surface area contributed by atoms with E-state index >= 15 is 0 Å². The summed E-state index contributed by atoms with van der Waals surface area (Å²) in [5.41, 5.74) is 1.05. The Morgan fingerprint density at radius 3 is 2.74 bits per heavy atom. The molecule has 1 saturated carbocycles. The Hall–Kier alpha value is -0.930. The molecule has 1 unspecified atom stereocenters. The minimum atomic E-state index is -0.148. The van der Waals surface area contributed by atoms with Crippen molar-refractivity contribution in [1.82, 2.24) is 10.2 Å². The number of rotatable bonds is 8. The Bertz CT molecular complexity index is 390. The SMILES string of the molecule is CCCN(CCC(NC)c1cccc(F)c1)C1CC1. The maximum absolute atomic E-state index is 13.3. The van der Waals surface area contributed by atoms with Crippen LogP contribution in [-0.2, 0) is 0 Å². The third-order valence-corrected chi connectivity index (χ3v) is 3.88. The maximum atomic E-state index is 13.3. The third kappa shape index (κ3) is 4.29. The van der Waals surface area contributed by atoms with E-state index in [0.29, 0.717) is 0 Å². The molecule has 0 amide bonds. The van der Waals surface area contributed by atoms with E-state index in [1.165, 1.54) is 31.9 Å². The molecule has 2 rings (SSSR count). The molecule has 1 aromatic rings. The molecule has 0 radical (unpaired) electrons. The molecule has 1 aromatic carbocycles. The zero-order valence-corrected chi connectivity index (χ0v) is 12.0. The zero-order chi connectivity index (χ0) is 13.7. The van der Waals surface area contributed by atoms with Gasteiger partial charge in [-0.25, -0.2) is 4.39 Å². The number of nitrogens with one attached hydrogen (secondary N) is 1. The zero-order valence-electron chi connectivity index (χ0n) is 12.0. The summed E-state index contributed by atoms with van der Waals surface area (Å²) in [6.07, 6.45) is 4.95. The number of hydrogen-bond donors (Lipinski definition) is 1. The van der Waals surface area contributed by atoms with E-state index in [2.05, 4.69) is 17.1 Å². The van der Waals surface area contributed by atoms with E-state index < -0.39 is 0 Å². The highest BCUT2D eigenvalue weighted by Gasteiger charge is 2.28. The van der Waals surface area contributed by atoms with E-state index in [0.717, 1.165) is 24.6 Å². The fourth-order valence-corrected chi connectivity index (χ4v) is 2.70. The van der Waals surface area contributed by atoms with Gasteiger partial charge in [0.1, 0.15) is 5.82 Å². The molecule has 1 aliphatic rings. The summed E-state index contributed by atoms with van der Waals surface area (Å²) in [5, 5.41) is 3.31. The van der Waals surface area contributed by atoms with E-state index in [9.17, 15) is 4.39 Å². The molecule has 0 heterocycles. The van der Waals surface area contributed by atoms with Gasteiger partial charge in [-0.15, -0.1) is 0 Å². The molecule has 0 aliphatic heterocycles. The van der Waals surface area contributed by atoms with Crippen molar-refractivity contribution in [3.63, 3.8) is 0 Å². The highest BCUT2D eigenvalue weighted by molar-refractivity contribution is 5.20. The number of hydrogen-bond acceptors (Lipinski definition) is 2. The molecule has 1 atom stereocenters. The first kappa shape index (κ1) is 14.5. The molecular weight excluding hydrogens is 239 g/mol. The summed E-state index contributed by atoms with van der Waals surface area (Å²) >= 11 is 0. The summed E-state index contributed by atoms with van der Waals surface area (Å²) in [6, 6.07) is 8.00. The fourth-order valence-electron chi connectivity index (χ4n) is 2.70. The van der Waals surface area contributed by atoms with Gasteiger partial charge in [0.25, 0.3) is 0 Å². The van der Waals surface area contributed by atoms with Gasteiger partial charge in [0, 0.05) is 18.6 Å². The second kappa shape index (κ2) is 7.01. The molecule has 0 spiro atoms. The normalized spacial score (nSPS) is 16.8. The van der Waals surface area contributed by atoms with Crippen LogP contribution < -0.4 is 5.32 Å². The predicted molar refractivity (Wildman–Crippen MR) is 77.7 cm³/mol. The molecule has 0 bridgehead atoms. The highest BCUT2D eigenvalue weighted by Crippen LogP contribution is 2.28. The summed E-state index contributed by atoms with van der Waals surface area (Å²) in [4.78, 5) is 2.59. The molecule has 0 aromatic heterocycles. The Balaban J connectivity index is 1.91. The molecule has 0 saturated heterocycles. The van der Waals surface area contributed by atoms with Crippen molar-refractivity contribution < 1.29 is 4.39 Å². The topological polar surface area (TPSA) is 15.3 Å². The molecule has 19 heavy (non-hydrogen) atoms. The quantitative estimate of drug-likeness (QED) is 0.774. The summed E-state index contributed by atoms with van der Waals surface area (Å²) < 4.78 is 13.3. The molecule has 1 N–H and O–H groups in total. The fraction of sp³-hybridized carbons (Fsp3) is 0.625. The van der Waals surface area contributed by atoms with Gasteiger partial charge in [-0.05, 0) is 57.0 Å². The van der Waals surface area contributed by atoms with Crippen LogP contribution in [-0.4, -0.2) is 31.1 Å². The van der Waals surface area contributed by atoms with Crippen LogP contribution in [0.3, 0.4) is 0 Å². The Morgan fingerprint density at radius 1 is 1.37 bits per heavy atom. The Morgan fingerprint density at radius 2 is 2.16 bits per heavy atom. The van der Waals surface area contributed by atoms with Gasteiger partial charge in [-0.1, -0.05) is 19.1 Å². The average molecular weight is 264 g/mol. The second-order valence-electron chi connectivity index (χ2n) is 5.45. The molecule has 3 heteroatoms. The van der Waals surface area contributed by atoms with Crippen molar-refractivity contribution in [2.24, 2.45) is 0 Å². The monoisotopic (exact) mass is 264 g/mol. The summed E-state index contributed by atoms with van der Waals surface area (Å²) in [5.74, 6) is -0.148. The minimum Gasteiger partial charge on any atom is -0.313 e. The van der Waals surface area contributed by atoms with Gasteiger partial charge in [0.2, 0.25) is 0 Å². The van der Waals surface area contributed by atoms with Crippen LogP contribution in [0.4, 0.5) is 4.39 Å². The van der Waals surface area contributed by atoms with Crippen LogP contribution in [0.2, 0.25) is 0 Å². The van der Waals surface area contributed by atoms with Crippen LogP contribution in [0.1, 0.15) is 44.2 Å². The number of benzene rings is 1. The second-order valence-corrected chi connectivity index (χ2v) is 5.45. The highest BCUT2D eigenvalue weighted by atomic mass is 19.1. The summed E-state index contributed by atoms with van der Waals surface area (Å²) in [7, 11) is 1.96. The van der Waals surface area contributed by atoms with Gasteiger partial charge in [0.05, 0.1) is 0 Å². The van der Waals surface area contributed by atoms with E-state index in [1.807, 2.05) is 13.1 Å². The first-order valence-electron chi connectivity index (χ1n) is 7.41. The Kier molecular flexibility index (Phi) is 5.34. The van der Waals surface area contributed by atoms with Gasteiger partial charge in [0.15, 0.2) is 0 Å². The first-order chi connectivity index (χ1) is 9.24. The Labute approximate surface area is 116 Å². The lowest BCUT2D eigenvalue weighted by atomic mass is 10.0. The first-order valence-corrected chi connectivity index (χ1v) is 7.41. The van der Waals surface area contributed by atoms with Crippen molar-refractivity contribution in [3.05, 3.63) is 35.6 Å². The van der Waals surface area contributed by atoms with Crippen molar-refractivity contribution in [2.75, 3.05) is 20.1 Å². The lowest BCUT2D eigenvalue weighted by molar-refractivity contribution is 0.249. The molecule has 1 fully saturated rings.